The molecule has 0 saturated carbocycles. The summed E-state index contributed by atoms with van der Waals surface area (Å²) in [5, 5.41) is 2.75. The van der Waals surface area contributed by atoms with Gasteiger partial charge in [0.25, 0.3) is 0 Å². The van der Waals surface area contributed by atoms with E-state index in [0.29, 0.717) is 12.8 Å². The van der Waals surface area contributed by atoms with Crippen molar-refractivity contribution in [2.45, 2.75) is 45.1 Å². The predicted molar refractivity (Wildman–Crippen MR) is 82.8 cm³/mol. The Morgan fingerprint density at radius 3 is 2.45 bits per heavy atom. The maximum Gasteiger partial charge on any atom is 0.244 e. The average molecular weight is 306 g/mol. The molecule has 120 valence electrons. The van der Waals surface area contributed by atoms with Crippen molar-refractivity contribution in [3.63, 3.8) is 0 Å². The largest absolute Gasteiger partial charge is 0.345 e. The van der Waals surface area contributed by atoms with Crippen LogP contribution in [0.25, 0.3) is 0 Å². The normalized spacial score (nSPS) is 16.2. The molecule has 2 amide bonds. The zero-order chi connectivity index (χ0) is 15.9. The van der Waals surface area contributed by atoms with Gasteiger partial charge in [0.15, 0.2) is 0 Å². The lowest BCUT2D eigenvalue weighted by Crippen LogP contribution is -2.48. The molecule has 0 aliphatic carbocycles. The second kappa shape index (κ2) is 7.92. The van der Waals surface area contributed by atoms with Crippen LogP contribution in [0.3, 0.4) is 0 Å². The van der Waals surface area contributed by atoms with Gasteiger partial charge in [-0.25, -0.2) is 4.39 Å². The number of piperidine rings is 1. The van der Waals surface area contributed by atoms with Crippen LogP contribution in [0, 0.1) is 5.82 Å². The molecule has 0 bridgehead atoms. The van der Waals surface area contributed by atoms with E-state index in [1.807, 2.05) is 4.90 Å². The first kappa shape index (κ1) is 16.5. The van der Waals surface area contributed by atoms with Gasteiger partial charge in [-0.1, -0.05) is 12.1 Å². The second-order valence-corrected chi connectivity index (χ2v) is 5.80. The maximum atomic E-state index is 12.8. The first-order valence-electron chi connectivity index (χ1n) is 7.89. The number of carbonyl (C=O) groups is 2. The Morgan fingerprint density at radius 2 is 1.82 bits per heavy atom. The Balaban J connectivity index is 1.75. The van der Waals surface area contributed by atoms with Crippen molar-refractivity contribution in [1.29, 1.82) is 0 Å². The molecule has 5 heteroatoms. The van der Waals surface area contributed by atoms with E-state index in [0.717, 1.165) is 31.5 Å². The standard InChI is InChI=1S/C17H23FN2O2/c1-13(17(22)20-11-3-2-4-12-20)19-16(21)10-7-14-5-8-15(18)9-6-14/h5-6,8-9,13H,2-4,7,10-12H2,1H3,(H,19,21). The average Bonchev–Trinajstić information content (AvgIpc) is 2.54. The molecule has 1 unspecified atom stereocenters. The van der Waals surface area contributed by atoms with E-state index >= 15 is 0 Å². The summed E-state index contributed by atoms with van der Waals surface area (Å²) in [5.41, 5.74) is 0.909. The number of benzene rings is 1. The SMILES string of the molecule is CC(NC(=O)CCc1ccc(F)cc1)C(=O)N1CCCCC1. The molecule has 1 saturated heterocycles. The smallest absolute Gasteiger partial charge is 0.244 e. The molecular weight excluding hydrogens is 283 g/mol. The number of hydrogen-bond acceptors (Lipinski definition) is 2. The van der Waals surface area contributed by atoms with E-state index in [-0.39, 0.29) is 17.6 Å². The first-order chi connectivity index (χ1) is 10.6. The lowest BCUT2D eigenvalue weighted by molar-refractivity contribution is -0.136. The Morgan fingerprint density at radius 1 is 1.18 bits per heavy atom. The third kappa shape index (κ3) is 4.83. The number of likely N-dealkylation sites (tertiary alicyclic amines) is 1. The summed E-state index contributed by atoms with van der Waals surface area (Å²) < 4.78 is 12.8. The molecule has 1 heterocycles. The van der Waals surface area contributed by atoms with Crippen LogP contribution in [0.2, 0.25) is 0 Å². The highest BCUT2D eigenvalue weighted by Crippen LogP contribution is 2.10. The zero-order valence-corrected chi connectivity index (χ0v) is 13.0. The molecule has 1 fully saturated rings. The highest BCUT2D eigenvalue weighted by Gasteiger charge is 2.23. The number of amides is 2. The molecule has 0 spiro atoms. The Hall–Kier alpha value is -1.91. The number of nitrogens with one attached hydrogen (secondary N) is 1. The highest BCUT2D eigenvalue weighted by molar-refractivity contribution is 5.87. The molecule has 1 aromatic rings. The summed E-state index contributed by atoms with van der Waals surface area (Å²) in [6, 6.07) is 5.63. The van der Waals surface area contributed by atoms with Gasteiger partial charge in [-0.3, -0.25) is 9.59 Å². The molecule has 22 heavy (non-hydrogen) atoms. The van der Waals surface area contributed by atoms with Crippen LogP contribution in [-0.2, 0) is 16.0 Å². The van der Waals surface area contributed by atoms with Gasteiger partial charge in [-0.05, 0) is 50.3 Å². The summed E-state index contributed by atoms with van der Waals surface area (Å²) in [4.78, 5) is 26.0. The number of rotatable bonds is 5. The van der Waals surface area contributed by atoms with Crippen molar-refractivity contribution in [1.82, 2.24) is 10.2 Å². The van der Waals surface area contributed by atoms with Crippen LogP contribution in [0.1, 0.15) is 38.2 Å². The van der Waals surface area contributed by atoms with E-state index < -0.39 is 6.04 Å². The minimum absolute atomic E-state index is 0.00479. The van der Waals surface area contributed by atoms with Crippen LogP contribution < -0.4 is 5.32 Å². The number of hydrogen-bond donors (Lipinski definition) is 1. The molecule has 1 N–H and O–H groups in total. The van der Waals surface area contributed by atoms with E-state index in [9.17, 15) is 14.0 Å². The number of halogens is 1. The molecule has 4 nitrogen and oxygen atoms in total. The molecule has 1 aromatic carbocycles. The quantitative estimate of drug-likeness (QED) is 0.907. The van der Waals surface area contributed by atoms with E-state index in [1.165, 1.54) is 18.6 Å². The van der Waals surface area contributed by atoms with Gasteiger partial charge in [0, 0.05) is 19.5 Å². The number of carbonyl (C=O) groups excluding carboxylic acids is 2. The minimum Gasteiger partial charge on any atom is -0.345 e. The molecule has 0 radical (unpaired) electrons. The van der Waals surface area contributed by atoms with Crippen LogP contribution in [0.15, 0.2) is 24.3 Å². The van der Waals surface area contributed by atoms with Gasteiger partial charge >= 0.3 is 0 Å². The van der Waals surface area contributed by atoms with Gasteiger partial charge in [0.2, 0.25) is 11.8 Å². The summed E-state index contributed by atoms with van der Waals surface area (Å²) in [6.07, 6.45) is 4.08. The maximum absolute atomic E-state index is 12.8. The van der Waals surface area contributed by atoms with Gasteiger partial charge < -0.3 is 10.2 Å². The summed E-state index contributed by atoms with van der Waals surface area (Å²) >= 11 is 0. The van der Waals surface area contributed by atoms with Crippen LogP contribution >= 0.6 is 0 Å². The topological polar surface area (TPSA) is 49.4 Å². The summed E-state index contributed by atoms with van der Waals surface area (Å²) in [7, 11) is 0. The monoisotopic (exact) mass is 306 g/mol. The van der Waals surface area contributed by atoms with Gasteiger partial charge in [0.05, 0.1) is 0 Å². The van der Waals surface area contributed by atoms with Crippen molar-refractivity contribution < 1.29 is 14.0 Å². The minimum atomic E-state index is -0.487. The molecule has 1 atom stereocenters. The van der Waals surface area contributed by atoms with E-state index in [4.69, 9.17) is 0 Å². The van der Waals surface area contributed by atoms with Gasteiger partial charge in [-0.15, -0.1) is 0 Å². The first-order valence-corrected chi connectivity index (χ1v) is 7.89. The van der Waals surface area contributed by atoms with Crippen LogP contribution in [-0.4, -0.2) is 35.8 Å². The van der Waals surface area contributed by atoms with Crippen molar-refractivity contribution >= 4 is 11.8 Å². The lowest BCUT2D eigenvalue weighted by Gasteiger charge is -2.29. The summed E-state index contributed by atoms with van der Waals surface area (Å²) in [6.45, 7) is 3.30. The second-order valence-electron chi connectivity index (χ2n) is 5.80. The lowest BCUT2D eigenvalue weighted by atomic mass is 10.1. The third-order valence-corrected chi connectivity index (χ3v) is 3.97. The van der Waals surface area contributed by atoms with Crippen molar-refractivity contribution in [2.24, 2.45) is 0 Å². The zero-order valence-electron chi connectivity index (χ0n) is 13.0. The molecule has 2 rings (SSSR count). The Bertz CT molecular complexity index is 510. The van der Waals surface area contributed by atoms with Crippen LogP contribution in [0.4, 0.5) is 4.39 Å². The van der Waals surface area contributed by atoms with Crippen molar-refractivity contribution in [2.75, 3.05) is 13.1 Å². The number of nitrogens with zero attached hydrogens (tertiary/aromatic N) is 1. The molecule has 1 aliphatic rings. The fraction of sp³-hybridized carbons (Fsp3) is 0.529. The fourth-order valence-corrected chi connectivity index (χ4v) is 2.67. The highest BCUT2D eigenvalue weighted by atomic mass is 19.1. The van der Waals surface area contributed by atoms with Gasteiger partial charge in [0.1, 0.15) is 11.9 Å². The van der Waals surface area contributed by atoms with Crippen molar-refractivity contribution in [3.05, 3.63) is 35.6 Å². The van der Waals surface area contributed by atoms with Gasteiger partial charge in [-0.2, -0.15) is 0 Å². The third-order valence-electron chi connectivity index (χ3n) is 3.97. The van der Waals surface area contributed by atoms with Crippen LogP contribution in [0.5, 0.6) is 0 Å². The predicted octanol–water partition coefficient (Wildman–Crippen LogP) is 2.28. The Labute approximate surface area is 130 Å². The van der Waals surface area contributed by atoms with Crippen molar-refractivity contribution in [3.8, 4) is 0 Å². The summed E-state index contributed by atoms with van der Waals surface area (Å²) in [5.74, 6) is -0.439. The molecule has 1 aliphatic heterocycles. The number of aryl methyl sites for hydroxylation is 1. The Kier molecular flexibility index (Phi) is 5.92. The van der Waals surface area contributed by atoms with E-state index in [1.54, 1.807) is 19.1 Å². The molecule has 0 aromatic heterocycles. The molecular formula is C17H23FN2O2. The van der Waals surface area contributed by atoms with E-state index in [2.05, 4.69) is 5.32 Å². The fourth-order valence-electron chi connectivity index (χ4n) is 2.67.